The quantitative estimate of drug-likeness (QED) is 0.354. The van der Waals surface area contributed by atoms with Crippen LogP contribution >= 0.6 is 0 Å². The summed E-state index contributed by atoms with van der Waals surface area (Å²) < 4.78 is 6.92. The molecule has 3 nitrogen and oxygen atoms in total. The van der Waals surface area contributed by atoms with E-state index >= 15 is 0 Å². The predicted molar refractivity (Wildman–Crippen MR) is 118 cm³/mol. The van der Waals surface area contributed by atoms with Crippen LogP contribution in [0.15, 0.2) is 23.0 Å². The Morgan fingerprint density at radius 2 is 1.70 bits per heavy atom. The molecule has 0 aromatic heterocycles. The molecule has 1 heterocycles. The summed E-state index contributed by atoms with van der Waals surface area (Å²) >= 11 is 0. The number of carbonyl (C=O) groups excluding carboxylic acids is 2. The maximum atomic E-state index is 12.8. The maximum absolute atomic E-state index is 12.8. The number of fused-ring (bicyclic) bond motifs is 4. The molecule has 3 fully saturated rings. The van der Waals surface area contributed by atoms with Gasteiger partial charge in [-0.25, -0.2) is 0 Å². The largest absolute Gasteiger partial charge is 0.485 e. The minimum Gasteiger partial charge on any atom is -0.485 e. The van der Waals surface area contributed by atoms with Crippen molar-refractivity contribution in [1.82, 2.24) is 0 Å². The van der Waals surface area contributed by atoms with E-state index in [9.17, 15) is 9.59 Å². The molecule has 164 valence electrons. The molecular weight excluding hydrogens is 372 g/mol. The van der Waals surface area contributed by atoms with Gasteiger partial charge in [0.25, 0.3) is 0 Å². The maximum Gasteiger partial charge on any atom is 0.232 e. The van der Waals surface area contributed by atoms with Crippen molar-refractivity contribution in [2.24, 2.45) is 34.0 Å². The number of carbonyl (C=O) groups is 2. The number of hydrogen-bond acceptors (Lipinski definition) is 3. The average molecular weight is 411 g/mol. The number of rotatable bonds is 0. The summed E-state index contributed by atoms with van der Waals surface area (Å²) in [6, 6.07) is 0. The SMILES string of the molecule is CC1=CC(=O)C(=O)C2=C1OC1(C2)C(C)CCC2C3(C)CCCC(C)(C)C3CCC21C. The van der Waals surface area contributed by atoms with E-state index in [1.807, 2.05) is 6.92 Å². The molecule has 0 amide bonds. The van der Waals surface area contributed by atoms with Crippen LogP contribution in [-0.2, 0) is 14.3 Å². The Morgan fingerprint density at radius 1 is 0.967 bits per heavy atom. The minimum atomic E-state index is -0.373. The fraction of sp³-hybridized carbons (Fsp3) is 0.778. The van der Waals surface area contributed by atoms with Gasteiger partial charge in [-0.15, -0.1) is 0 Å². The second-order valence-electron chi connectivity index (χ2n) is 12.4. The Bertz CT molecular complexity index is 892. The molecule has 4 aliphatic carbocycles. The van der Waals surface area contributed by atoms with Gasteiger partial charge in [-0.2, -0.15) is 0 Å². The predicted octanol–water partition coefficient (Wildman–Crippen LogP) is 6.18. The molecule has 0 aromatic carbocycles. The highest BCUT2D eigenvalue weighted by Crippen LogP contribution is 2.72. The molecule has 0 N–H and O–H groups in total. The Kier molecular flexibility index (Phi) is 4.18. The normalized spacial score (nSPS) is 47.4. The smallest absolute Gasteiger partial charge is 0.232 e. The first kappa shape index (κ1) is 20.5. The highest BCUT2D eigenvalue weighted by molar-refractivity contribution is 6.48. The van der Waals surface area contributed by atoms with Crippen LogP contribution in [0.5, 0.6) is 0 Å². The number of Topliss-reactive ketones (excluding diaryl/α,β-unsaturated/α-hetero) is 1. The highest BCUT2D eigenvalue weighted by Gasteiger charge is 2.69. The molecule has 3 saturated carbocycles. The summed E-state index contributed by atoms with van der Waals surface area (Å²) in [6.07, 6.45) is 10.9. The molecule has 0 radical (unpaired) electrons. The Labute approximate surface area is 181 Å². The lowest BCUT2D eigenvalue weighted by atomic mass is 9.37. The van der Waals surface area contributed by atoms with Crippen molar-refractivity contribution in [3.05, 3.63) is 23.0 Å². The molecule has 6 unspecified atom stereocenters. The zero-order valence-corrected chi connectivity index (χ0v) is 19.7. The molecule has 1 spiro atoms. The van der Waals surface area contributed by atoms with Gasteiger partial charge in [0.05, 0.1) is 0 Å². The molecule has 5 aliphatic rings. The molecule has 3 heteroatoms. The Hall–Kier alpha value is -1.38. The highest BCUT2D eigenvalue weighted by atomic mass is 16.5. The fourth-order valence-electron chi connectivity index (χ4n) is 9.21. The lowest BCUT2D eigenvalue weighted by molar-refractivity contribution is -0.239. The third-order valence-electron chi connectivity index (χ3n) is 10.6. The van der Waals surface area contributed by atoms with E-state index < -0.39 is 0 Å². The van der Waals surface area contributed by atoms with Crippen LogP contribution in [0, 0.1) is 34.0 Å². The minimum absolute atomic E-state index is 0.0320. The van der Waals surface area contributed by atoms with Crippen molar-refractivity contribution < 1.29 is 14.3 Å². The summed E-state index contributed by atoms with van der Waals surface area (Å²) in [4.78, 5) is 25.1. The molecule has 0 bridgehead atoms. The van der Waals surface area contributed by atoms with Crippen molar-refractivity contribution in [3.8, 4) is 0 Å². The van der Waals surface area contributed by atoms with E-state index in [0.717, 1.165) is 30.1 Å². The van der Waals surface area contributed by atoms with Gasteiger partial charge in [0.2, 0.25) is 11.6 Å². The first-order valence-corrected chi connectivity index (χ1v) is 12.2. The van der Waals surface area contributed by atoms with E-state index in [-0.39, 0.29) is 22.6 Å². The number of allylic oxidation sites excluding steroid dienone is 2. The first-order chi connectivity index (χ1) is 14.0. The van der Waals surface area contributed by atoms with Crippen LogP contribution in [0.25, 0.3) is 0 Å². The van der Waals surface area contributed by atoms with Gasteiger partial charge in [0.15, 0.2) is 0 Å². The van der Waals surface area contributed by atoms with Gasteiger partial charge in [-0.1, -0.05) is 41.0 Å². The second-order valence-corrected chi connectivity index (χ2v) is 12.4. The summed E-state index contributed by atoms with van der Waals surface area (Å²) in [6.45, 7) is 14.3. The van der Waals surface area contributed by atoms with Crippen molar-refractivity contribution in [2.75, 3.05) is 0 Å². The average Bonchev–Trinajstić information content (AvgIpc) is 3.07. The summed E-state index contributed by atoms with van der Waals surface area (Å²) in [7, 11) is 0. The van der Waals surface area contributed by atoms with Gasteiger partial charge in [-0.3, -0.25) is 9.59 Å². The standard InChI is InChI=1S/C27H38O3/c1-16-14-19(28)22(29)18-15-27(30-23(16)18)17(2)8-9-21-25(5)12-7-11-24(3,4)20(25)10-13-26(21,27)6/h14,17,20-21H,7-13,15H2,1-6H3. The van der Waals surface area contributed by atoms with E-state index in [0.29, 0.717) is 34.7 Å². The van der Waals surface area contributed by atoms with Crippen LogP contribution in [0.1, 0.15) is 92.9 Å². The third kappa shape index (κ3) is 2.33. The first-order valence-electron chi connectivity index (χ1n) is 12.2. The molecule has 6 atom stereocenters. The summed E-state index contributed by atoms with van der Waals surface area (Å²) in [5.74, 6) is 1.78. The second kappa shape index (κ2) is 6.11. The van der Waals surface area contributed by atoms with Crippen LogP contribution in [-0.4, -0.2) is 17.2 Å². The monoisotopic (exact) mass is 410 g/mol. The van der Waals surface area contributed by atoms with Gasteiger partial charge >= 0.3 is 0 Å². The number of ether oxygens (including phenoxy) is 1. The molecule has 5 rings (SSSR count). The number of ketones is 2. The molecule has 0 aromatic rings. The Morgan fingerprint density at radius 3 is 2.43 bits per heavy atom. The van der Waals surface area contributed by atoms with E-state index in [2.05, 4.69) is 34.6 Å². The Balaban J connectivity index is 1.58. The summed E-state index contributed by atoms with van der Waals surface area (Å²) in [5, 5.41) is 0. The molecule has 0 saturated heterocycles. The van der Waals surface area contributed by atoms with Gasteiger partial charge in [0, 0.05) is 17.4 Å². The van der Waals surface area contributed by atoms with E-state index in [1.54, 1.807) is 0 Å². The van der Waals surface area contributed by atoms with Crippen LogP contribution in [0.2, 0.25) is 0 Å². The van der Waals surface area contributed by atoms with Crippen molar-refractivity contribution in [1.29, 1.82) is 0 Å². The van der Waals surface area contributed by atoms with Crippen molar-refractivity contribution in [2.45, 2.75) is 98.5 Å². The van der Waals surface area contributed by atoms with E-state index in [4.69, 9.17) is 4.74 Å². The third-order valence-corrected chi connectivity index (χ3v) is 10.6. The van der Waals surface area contributed by atoms with Gasteiger partial charge in [0.1, 0.15) is 11.4 Å². The van der Waals surface area contributed by atoms with Crippen molar-refractivity contribution >= 4 is 11.6 Å². The topological polar surface area (TPSA) is 43.4 Å². The zero-order valence-electron chi connectivity index (χ0n) is 19.7. The van der Waals surface area contributed by atoms with Crippen molar-refractivity contribution in [3.63, 3.8) is 0 Å². The van der Waals surface area contributed by atoms with Gasteiger partial charge < -0.3 is 4.74 Å². The molecular formula is C27H38O3. The molecule has 30 heavy (non-hydrogen) atoms. The number of hydrogen-bond donors (Lipinski definition) is 0. The van der Waals surface area contributed by atoms with E-state index in [1.165, 1.54) is 38.2 Å². The van der Waals surface area contributed by atoms with Crippen LogP contribution < -0.4 is 0 Å². The van der Waals surface area contributed by atoms with Crippen LogP contribution in [0.3, 0.4) is 0 Å². The zero-order chi connectivity index (χ0) is 21.7. The molecule has 1 aliphatic heterocycles. The lowest BCUT2D eigenvalue weighted by Gasteiger charge is -2.68. The lowest BCUT2D eigenvalue weighted by Crippen LogP contribution is -2.66. The van der Waals surface area contributed by atoms with Gasteiger partial charge in [-0.05, 0) is 85.7 Å². The summed E-state index contributed by atoms with van der Waals surface area (Å²) in [5.41, 5.74) is 1.91. The fourth-order valence-corrected chi connectivity index (χ4v) is 9.21. The van der Waals surface area contributed by atoms with Crippen LogP contribution in [0.4, 0.5) is 0 Å².